The summed E-state index contributed by atoms with van der Waals surface area (Å²) in [6.07, 6.45) is 1.97. The fourth-order valence-electron chi connectivity index (χ4n) is 2.16. The van der Waals surface area contributed by atoms with Crippen LogP contribution in [0, 0.1) is 6.92 Å². The van der Waals surface area contributed by atoms with Gasteiger partial charge in [-0.1, -0.05) is 6.07 Å². The summed E-state index contributed by atoms with van der Waals surface area (Å²) in [5, 5.41) is 14.5. The first kappa shape index (κ1) is 9.39. The van der Waals surface area contributed by atoms with Crippen LogP contribution in [0.2, 0.25) is 0 Å². The summed E-state index contributed by atoms with van der Waals surface area (Å²) in [7, 11) is 0. The second-order valence-corrected chi connectivity index (χ2v) is 4.13. The molecular formula is C12H13N3O. The topological polar surface area (TPSA) is 50.9 Å². The lowest BCUT2D eigenvalue weighted by Crippen LogP contribution is -1.95. The van der Waals surface area contributed by atoms with E-state index < -0.39 is 0 Å². The van der Waals surface area contributed by atoms with E-state index in [2.05, 4.69) is 10.1 Å². The van der Waals surface area contributed by atoms with Gasteiger partial charge in [-0.05, 0) is 31.9 Å². The predicted molar refractivity (Wildman–Crippen MR) is 60.2 cm³/mol. The first-order chi connectivity index (χ1) is 7.75. The van der Waals surface area contributed by atoms with Crippen molar-refractivity contribution in [1.82, 2.24) is 14.8 Å². The van der Waals surface area contributed by atoms with Crippen LogP contribution in [-0.2, 0) is 13.0 Å². The highest BCUT2D eigenvalue weighted by Crippen LogP contribution is 2.33. The van der Waals surface area contributed by atoms with Crippen molar-refractivity contribution < 1.29 is 5.11 Å². The van der Waals surface area contributed by atoms with Gasteiger partial charge < -0.3 is 5.11 Å². The molecule has 2 aromatic heterocycles. The molecule has 0 saturated carbocycles. The molecule has 16 heavy (non-hydrogen) atoms. The zero-order valence-electron chi connectivity index (χ0n) is 9.14. The van der Waals surface area contributed by atoms with Crippen molar-refractivity contribution in [2.24, 2.45) is 0 Å². The third-order valence-electron chi connectivity index (χ3n) is 2.94. The molecule has 1 aliphatic heterocycles. The molecule has 0 bridgehead atoms. The molecule has 4 heteroatoms. The molecule has 0 atom stereocenters. The monoisotopic (exact) mass is 215 g/mol. The molecule has 3 heterocycles. The smallest absolute Gasteiger partial charge is 0.166 e. The average Bonchev–Trinajstić information content (AvgIpc) is 2.82. The second-order valence-electron chi connectivity index (χ2n) is 4.13. The number of nitrogens with zero attached hydrogens (tertiary/aromatic N) is 3. The fourth-order valence-corrected chi connectivity index (χ4v) is 2.16. The minimum atomic E-state index is 0.301. The van der Waals surface area contributed by atoms with Gasteiger partial charge in [0.1, 0.15) is 0 Å². The molecule has 1 aliphatic rings. The molecule has 1 N–H and O–H groups in total. The van der Waals surface area contributed by atoms with E-state index in [0.29, 0.717) is 11.4 Å². The summed E-state index contributed by atoms with van der Waals surface area (Å²) in [6, 6.07) is 5.75. The van der Waals surface area contributed by atoms with E-state index in [0.717, 1.165) is 36.5 Å². The molecule has 0 spiro atoms. The maximum absolute atomic E-state index is 10.1. The van der Waals surface area contributed by atoms with Crippen LogP contribution in [0.15, 0.2) is 18.2 Å². The summed E-state index contributed by atoms with van der Waals surface area (Å²) >= 11 is 0. The van der Waals surface area contributed by atoms with Crippen LogP contribution in [-0.4, -0.2) is 19.9 Å². The fraction of sp³-hybridized carbons (Fsp3) is 0.333. The molecule has 3 rings (SSSR count). The molecule has 0 unspecified atom stereocenters. The molecule has 0 aliphatic carbocycles. The lowest BCUT2D eigenvalue weighted by molar-refractivity contribution is 0.470. The van der Waals surface area contributed by atoms with Crippen LogP contribution in [0.5, 0.6) is 5.75 Å². The van der Waals surface area contributed by atoms with Gasteiger partial charge in [0.15, 0.2) is 11.4 Å². The van der Waals surface area contributed by atoms with Crippen LogP contribution >= 0.6 is 0 Å². The van der Waals surface area contributed by atoms with Crippen LogP contribution < -0.4 is 0 Å². The molecule has 82 valence electrons. The van der Waals surface area contributed by atoms with Crippen molar-refractivity contribution in [3.8, 4) is 17.1 Å². The van der Waals surface area contributed by atoms with Crippen LogP contribution in [0.3, 0.4) is 0 Å². The van der Waals surface area contributed by atoms with Crippen molar-refractivity contribution in [3.05, 3.63) is 29.6 Å². The minimum absolute atomic E-state index is 0.301. The number of aromatic hydroxyl groups is 1. The van der Waals surface area contributed by atoms with E-state index >= 15 is 0 Å². The number of aryl methyl sites for hydroxylation is 2. The van der Waals surface area contributed by atoms with Crippen molar-refractivity contribution >= 4 is 0 Å². The minimum Gasteiger partial charge on any atom is -0.504 e. The molecule has 0 fully saturated rings. The summed E-state index contributed by atoms with van der Waals surface area (Å²) in [4.78, 5) is 4.38. The third-order valence-corrected chi connectivity index (χ3v) is 2.94. The zero-order valence-corrected chi connectivity index (χ0v) is 9.14. The molecular weight excluding hydrogens is 202 g/mol. The summed E-state index contributed by atoms with van der Waals surface area (Å²) < 4.78 is 1.88. The Kier molecular flexibility index (Phi) is 1.96. The van der Waals surface area contributed by atoms with Gasteiger partial charge in [0.25, 0.3) is 0 Å². The van der Waals surface area contributed by atoms with E-state index in [1.165, 1.54) is 0 Å². The van der Waals surface area contributed by atoms with E-state index in [-0.39, 0.29) is 0 Å². The number of hydrogen-bond donors (Lipinski definition) is 1. The molecule has 0 radical (unpaired) electrons. The number of aromatic nitrogens is 3. The summed E-state index contributed by atoms with van der Waals surface area (Å²) in [5.41, 5.74) is 3.24. The van der Waals surface area contributed by atoms with Gasteiger partial charge in [0.2, 0.25) is 0 Å². The zero-order chi connectivity index (χ0) is 11.1. The van der Waals surface area contributed by atoms with Gasteiger partial charge in [-0.15, -0.1) is 0 Å². The Morgan fingerprint density at radius 2 is 2.25 bits per heavy atom. The van der Waals surface area contributed by atoms with Gasteiger partial charge in [0.05, 0.1) is 11.4 Å². The molecule has 0 amide bonds. The Morgan fingerprint density at radius 1 is 1.38 bits per heavy atom. The number of pyridine rings is 1. The molecule has 2 aromatic rings. The first-order valence-corrected chi connectivity index (χ1v) is 5.48. The predicted octanol–water partition coefficient (Wildman–Crippen LogP) is 1.91. The number of hydrogen-bond acceptors (Lipinski definition) is 3. The highest BCUT2D eigenvalue weighted by atomic mass is 16.3. The lowest BCUT2D eigenvalue weighted by Gasteiger charge is -1.99. The van der Waals surface area contributed by atoms with Gasteiger partial charge >= 0.3 is 0 Å². The second kappa shape index (κ2) is 3.33. The van der Waals surface area contributed by atoms with E-state index in [1.54, 1.807) is 0 Å². The Bertz CT molecular complexity index is 545. The quantitative estimate of drug-likeness (QED) is 0.790. The van der Waals surface area contributed by atoms with Crippen molar-refractivity contribution in [2.45, 2.75) is 26.3 Å². The van der Waals surface area contributed by atoms with Crippen LogP contribution in [0.1, 0.15) is 17.8 Å². The van der Waals surface area contributed by atoms with E-state index in [1.807, 2.05) is 29.8 Å². The van der Waals surface area contributed by atoms with Gasteiger partial charge in [-0.3, -0.25) is 9.67 Å². The lowest BCUT2D eigenvalue weighted by atomic mass is 10.2. The van der Waals surface area contributed by atoms with Crippen molar-refractivity contribution in [2.75, 3.05) is 0 Å². The third kappa shape index (κ3) is 1.30. The standard InChI is InChI=1S/C12H13N3O/c1-8-4-2-5-9(13-8)11-12(16)10-6-3-7-15(10)14-11/h2,4-5,16H,3,6-7H2,1H3. The average molecular weight is 215 g/mol. The van der Waals surface area contributed by atoms with Crippen molar-refractivity contribution in [1.29, 1.82) is 0 Å². The normalized spacial score (nSPS) is 14.1. The SMILES string of the molecule is Cc1cccc(-c2nn3c(c2O)CCC3)n1. The number of rotatable bonds is 1. The Labute approximate surface area is 93.6 Å². The Morgan fingerprint density at radius 3 is 3.00 bits per heavy atom. The first-order valence-electron chi connectivity index (χ1n) is 5.48. The maximum Gasteiger partial charge on any atom is 0.166 e. The highest BCUT2D eigenvalue weighted by molar-refractivity contribution is 5.64. The van der Waals surface area contributed by atoms with Crippen molar-refractivity contribution in [3.63, 3.8) is 0 Å². The molecule has 4 nitrogen and oxygen atoms in total. The number of fused-ring (bicyclic) bond motifs is 1. The van der Waals surface area contributed by atoms with Crippen LogP contribution in [0.4, 0.5) is 0 Å². The van der Waals surface area contributed by atoms with Crippen LogP contribution in [0.25, 0.3) is 11.4 Å². The van der Waals surface area contributed by atoms with Gasteiger partial charge in [0, 0.05) is 12.2 Å². The Balaban J connectivity index is 2.14. The van der Waals surface area contributed by atoms with E-state index in [9.17, 15) is 5.11 Å². The Hall–Kier alpha value is -1.84. The summed E-state index contributed by atoms with van der Waals surface area (Å²) in [5.74, 6) is 0.301. The largest absolute Gasteiger partial charge is 0.504 e. The van der Waals surface area contributed by atoms with E-state index in [4.69, 9.17) is 0 Å². The van der Waals surface area contributed by atoms with Gasteiger partial charge in [-0.25, -0.2) is 0 Å². The maximum atomic E-state index is 10.1. The molecule has 0 saturated heterocycles. The summed E-state index contributed by atoms with van der Waals surface area (Å²) in [6.45, 7) is 2.83. The van der Waals surface area contributed by atoms with Gasteiger partial charge in [-0.2, -0.15) is 5.10 Å². The highest BCUT2D eigenvalue weighted by Gasteiger charge is 2.22. The molecule has 0 aromatic carbocycles.